The number of allylic oxidation sites excluding steroid dienone is 2. The number of ether oxygens (including phenoxy) is 2. The number of dihydropyridines is 1. The maximum atomic E-state index is 12.8. The first kappa shape index (κ1) is 20.7. The molecule has 5 nitrogen and oxygen atoms in total. The van der Waals surface area contributed by atoms with Crippen molar-refractivity contribution in [2.45, 2.75) is 19.8 Å². The molecule has 0 atom stereocenters. The third-order valence-electron chi connectivity index (χ3n) is 4.05. The Morgan fingerprint density at radius 1 is 1.07 bits per heavy atom. The Labute approximate surface area is 167 Å². The number of rotatable bonds is 7. The summed E-state index contributed by atoms with van der Waals surface area (Å²) in [6.07, 6.45) is 3.00. The fourth-order valence-corrected chi connectivity index (χ4v) is 3.40. The first-order chi connectivity index (χ1) is 12.9. The van der Waals surface area contributed by atoms with Crippen LogP contribution in [0.4, 0.5) is 0 Å². The average molecular weight is 432 g/mol. The Hall–Kier alpha value is -2.60. The van der Waals surface area contributed by atoms with Crippen LogP contribution in [0.1, 0.15) is 25.3 Å². The smallest absolute Gasteiger partial charge is 0.337 e. The van der Waals surface area contributed by atoms with E-state index in [1.807, 2.05) is 24.3 Å². The van der Waals surface area contributed by atoms with Crippen LogP contribution in [0.3, 0.4) is 0 Å². The summed E-state index contributed by atoms with van der Waals surface area (Å²) in [5.74, 6) is -1.63. The van der Waals surface area contributed by atoms with Gasteiger partial charge >= 0.3 is 11.9 Å². The molecule has 1 aliphatic heterocycles. The van der Waals surface area contributed by atoms with Crippen molar-refractivity contribution in [3.63, 3.8) is 0 Å². The van der Waals surface area contributed by atoms with E-state index < -0.39 is 17.9 Å². The molecule has 0 radical (unpaired) electrons. The van der Waals surface area contributed by atoms with Crippen LogP contribution >= 0.6 is 15.9 Å². The minimum absolute atomic E-state index is 0.0831. The van der Waals surface area contributed by atoms with Crippen molar-refractivity contribution in [2.24, 2.45) is 0 Å². The zero-order valence-corrected chi connectivity index (χ0v) is 17.0. The predicted octanol–water partition coefficient (Wildman–Crippen LogP) is 4.14. The van der Waals surface area contributed by atoms with Gasteiger partial charge in [0.15, 0.2) is 0 Å². The highest BCUT2D eigenvalue weighted by molar-refractivity contribution is 9.10. The molecule has 27 heavy (non-hydrogen) atoms. The van der Waals surface area contributed by atoms with Gasteiger partial charge in [0.1, 0.15) is 13.2 Å². The highest BCUT2D eigenvalue weighted by Gasteiger charge is 2.37. The molecule has 0 amide bonds. The molecule has 0 unspecified atom stereocenters. The monoisotopic (exact) mass is 431 g/mol. The number of hydrogen-bond donors (Lipinski definition) is 1. The molecule has 0 bridgehead atoms. The molecule has 0 aliphatic carbocycles. The van der Waals surface area contributed by atoms with E-state index in [4.69, 9.17) is 9.47 Å². The quantitative estimate of drug-likeness (QED) is 0.518. The van der Waals surface area contributed by atoms with E-state index in [-0.39, 0.29) is 13.2 Å². The minimum Gasteiger partial charge on any atom is -0.458 e. The van der Waals surface area contributed by atoms with E-state index in [9.17, 15) is 9.59 Å². The fourth-order valence-electron chi connectivity index (χ4n) is 2.98. The molecule has 0 saturated carbocycles. The molecule has 142 valence electrons. The topological polar surface area (TPSA) is 64.6 Å². The van der Waals surface area contributed by atoms with Crippen LogP contribution in [0.5, 0.6) is 0 Å². The fraction of sp³-hybridized carbons (Fsp3) is 0.238. The Morgan fingerprint density at radius 3 is 2.04 bits per heavy atom. The number of esters is 2. The summed E-state index contributed by atoms with van der Waals surface area (Å²) in [5, 5.41) is 3.10. The number of carbonyl (C=O) groups excluding carboxylic acids is 2. The number of halogens is 1. The molecule has 1 N–H and O–H groups in total. The first-order valence-corrected chi connectivity index (χ1v) is 9.20. The van der Waals surface area contributed by atoms with Gasteiger partial charge in [-0.2, -0.15) is 0 Å². The van der Waals surface area contributed by atoms with Gasteiger partial charge in [-0.1, -0.05) is 53.4 Å². The Balaban J connectivity index is 2.59. The third-order valence-corrected chi connectivity index (χ3v) is 4.54. The zero-order valence-electron chi connectivity index (χ0n) is 15.4. The molecular weight excluding hydrogens is 410 g/mol. The summed E-state index contributed by atoms with van der Waals surface area (Å²) in [5.41, 5.74) is 2.77. The standard InChI is InChI=1S/C21H22BrNO4/c1-5-10-26-20(24)17-13(3)23-14(4)18(21(25)27-11-6-2)19(17)15-8-7-9-16(22)12-15/h5-9,12,19,23H,1-2,10-11H2,3-4H3. The molecule has 0 saturated heterocycles. The summed E-state index contributed by atoms with van der Waals surface area (Å²) in [6.45, 7) is 10.9. The average Bonchev–Trinajstić information content (AvgIpc) is 2.63. The van der Waals surface area contributed by atoms with Crippen LogP contribution in [0.2, 0.25) is 0 Å². The highest BCUT2D eigenvalue weighted by atomic mass is 79.9. The lowest BCUT2D eigenvalue weighted by molar-refractivity contribution is -0.138. The maximum Gasteiger partial charge on any atom is 0.337 e. The van der Waals surface area contributed by atoms with Gasteiger partial charge in [0.05, 0.1) is 17.1 Å². The van der Waals surface area contributed by atoms with Gasteiger partial charge < -0.3 is 14.8 Å². The predicted molar refractivity (Wildman–Crippen MR) is 108 cm³/mol. The van der Waals surface area contributed by atoms with Crippen molar-refractivity contribution >= 4 is 27.9 Å². The van der Waals surface area contributed by atoms with E-state index in [2.05, 4.69) is 34.4 Å². The number of hydrogen-bond acceptors (Lipinski definition) is 5. The van der Waals surface area contributed by atoms with Gasteiger partial charge in [-0.25, -0.2) is 9.59 Å². The normalized spacial score (nSPS) is 14.5. The molecule has 6 heteroatoms. The van der Waals surface area contributed by atoms with Crippen LogP contribution in [0.25, 0.3) is 0 Å². The van der Waals surface area contributed by atoms with Crippen molar-refractivity contribution in [1.29, 1.82) is 0 Å². The van der Waals surface area contributed by atoms with Gasteiger partial charge in [0, 0.05) is 15.9 Å². The number of carbonyl (C=O) groups is 2. The molecular formula is C21H22BrNO4. The maximum absolute atomic E-state index is 12.8. The Morgan fingerprint density at radius 2 is 1.59 bits per heavy atom. The second kappa shape index (κ2) is 9.37. The SMILES string of the molecule is C=CCOC(=O)C1=C(C)NC(C)=C(C(=O)OCC=C)C1c1cccc(Br)c1. The molecule has 0 spiro atoms. The summed E-state index contributed by atoms with van der Waals surface area (Å²) >= 11 is 3.45. The zero-order chi connectivity index (χ0) is 20.0. The third kappa shape index (κ3) is 4.77. The van der Waals surface area contributed by atoms with Gasteiger partial charge in [-0.15, -0.1) is 0 Å². The largest absolute Gasteiger partial charge is 0.458 e. The van der Waals surface area contributed by atoms with Gasteiger partial charge in [0.25, 0.3) is 0 Å². The highest BCUT2D eigenvalue weighted by Crippen LogP contribution is 2.39. The van der Waals surface area contributed by atoms with Crippen molar-refractivity contribution in [3.8, 4) is 0 Å². The second-order valence-electron chi connectivity index (χ2n) is 5.96. The first-order valence-electron chi connectivity index (χ1n) is 8.40. The summed E-state index contributed by atoms with van der Waals surface area (Å²) < 4.78 is 11.4. The number of nitrogens with one attached hydrogen (secondary N) is 1. The Bertz CT molecular complexity index is 792. The lowest BCUT2D eigenvalue weighted by Crippen LogP contribution is -2.32. The lowest BCUT2D eigenvalue weighted by atomic mass is 9.80. The van der Waals surface area contributed by atoms with Crippen LogP contribution in [-0.2, 0) is 19.1 Å². The molecule has 1 aliphatic rings. The van der Waals surface area contributed by atoms with Crippen molar-refractivity contribution in [2.75, 3.05) is 13.2 Å². The van der Waals surface area contributed by atoms with E-state index in [0.717, 1.165) is 10.0 Å². The van der Waals surface area contributed by atoms with E-state index >= 15 is 0 Å². The molecule has 2 rings (SSSR count). The molecule has 0 aromatic heterocycles. The Kier molecular flexibility index (Phi) is 7.19. The summed E-state index contributed by atoms with van der Waals surface area (Å²) in [4.78, 5) is 25.5. The van der Waals surface area contributed by atoms with E-state index in [1.165, 1.54) is 12.2 Å². The van der Waals surface area contributed by atoms with Gasteiger partial charge in [-0.05, 0) is 31.5 Å². The molecule has 1 aromatic rings. The second-order valence-corrected chi connectivity index (χ2v) is 6.88. The lowest BCUT2D eigenvalue weighted by Gasteiger charge is -2.30. The summed E-state index contributed by atoms with van der Waals surface area (Å²) in [6, 6.07) is 7.47. The van der Waals surface area contributed by atoms with E-state index in [1.54, 1.807) is 13.8 Å². The minimum atomic E-state index is -0.613. The van der Waals surface area contributed by atoms with Crippen molar-refractivity contribution < 1.29 is 19.1 Å². The van der Waals surface area contributed by atoms with Gasteiger partial charge in [-0.3, -0.25) is 0 Å². The van der Waals surface area contributed by atoms with Crippen LogP contribution < -0.4 is 5.32 Å². The van der Waals surface area contributed by atoms with Crippen LogP contribution in [0, 0.1) is 0 Å². The van der Waals surface area contributed by atoms with Crippen LogP contribution in [-0.4, -0.2) is 25.2 Å². The summed E-state index contributed by atoms with van der Waals surface area (Å²) in [7, 11) is 0. The van der Waals surface area contributed by atoms with Gasteiger partial charge in [0.2, 0.25) is 0 Å². The molecule has 0 fully saturated rings. The molecule has 1 aromatic carbocycles. The van der Waals surface area contributed by atoms with Crippen molar-refractivity contribution in [1.82, 2.24) is 5.32 Å². The van der Waals surface area contributed by atoms with E-state index in [0.29, 0.717) is 22.5 Å². The van der Waals surface area contributed by atoms with Crippen molar-refractivity contribution in [3.05, 3.63) is 82.2 Å². The number of benzene rings is 1. The molecule has 1 heterocycles. The van der Waals surface area contributed by atoms with Crippen LogP contribution in [0.15, 0.2) is 76.6 Å².